The minimum atomic E-state index is -0.0567. The molecule has 0 aliphatic carbocycles. The van der Waals surface area contributed by atoms with Crippen molar-refractivity contribution in [3.63, 3.8) is 0 Å². The van der Waals surface area contributed by atoms with Crippen LogP contribution in [0.15, 0.2) is 16.9 Å². The normalized spacial score (nSPS) is 23.0. The molecule has 1 N–H and O–H groups in total. The van der Waals surface area contributed by atoms with Crippen molar-refractivity contribution in [1.82, 2.24) is 20.0 Å². The van der Waals surface area contributed by atoms with Crippen LogP contribution in [-0.4, -0.2) is 46.3 Å². The van der Waals surface area contributed by atoms with Gasteiger partial charge in [0, 0.05) is 49.5 Å². The van der Waals surface area contributed by atoms with Crippen LogP contribution in [-0.2, 0) is 16.8 Å². The van der Waals surface area contributed by atoms with E-state index >= 15 is 0 Å². The first-order valence-electron chi connectivity index (χ1n) is 9.41. The van der Waals surface area contributed by atoms with Gasteiger partial charge in [-0.15, -0.1) is 0 Å². The van der Waals surface area contributed by atoms with E-state index in [4.69, 9.17) is 0 Å². The number of hydrogen-bond acceptors (Lipinski definition) is 4. The maximum absolute atomic E-state index is 12.1. The van der Waals surface area contributed by atoms with Crippen molar-refractivity contribution in [2.75, 3.05) is 19.6 Å². The average molecular weight is 346 g/mol. The van der Waals surface area contributed by atoms with Crippen molar-refractivity contribution in [2.24, 2.45) is 5.92 Å². The van der Waals surface area contributed by atoms with Crippen LogP contribution in [0.3, 0.4) is 0 Å². The van der Waals surface area contributed by atoms with Crippen molar-refractivity contribution >= 4 is 5.91 Å². The van der Waals surface area contributed by atoms with E-state index in [0.29, 0.717) is 18.9 Å². The van der Waals surface area contributed by atoms with Gasteiger partial charge in [0.25, 0.3) is 5.56 Å². The number of likely N-dealkylation sites (tertiary alicyclic amines) is 1. The standard InChI is InChI=1S/C19H30N4O2/c1-19(2,3)16-8-9-18(25)23(21-16)12-14-10-22(11-14)13-15-6-4-5-7-17(24)20-15/h8-9,14-15H,4-7,10-13H2,1-3H3,(H,20,24). The predicted octanol–water partition coefficient (Wildman–Crippen LogP) is 1.53. The molecule has 0 radical (unpaired) electrons. The number of hydrogen-bond donors (Lipinski definition) is 1. The Labute approximate surface area is 149 Å². The highest BCUT2D eigenvalue weighted by atomic mass is 16.1. The number of carbonyl (C=O) groups is 1. The topological polar surface area (TPSA) is 67.2 Å². The van der Waals surface area contributed by atoms with Crippen LogP contribution in [0.5, 0.6) is 0 Å². The molecule has 1 atom stereocenters. The molecular weight excluding hydrogens is 316 g/mol. The summed E-state index contributed by atoms with van der Waals surface area (Å²) in [6.07, 6.45) is 3.86. The smallest absolute Gasteiger partial charge is 0.266 e. The molecule has 2 saturated heterocycles. The second kappa shape index (κ2) is 7.28. The van der Waals surface area contributed by atoms with Crippen LogP contribution < -0.4 is 10.9 Å². The molecule has 1 unspecified atom stereocenters. The van der Waals surface area contributed by atoms with Gasteiger partial charge in [0.2, 0.25) is 5.91 Å². The maximum Gasteiger partial charge on any atom is 0.266 e. The first-order valence-corrected chi connectivity index (χ1v) is 9.41. The van der Waals surface area contributed by atoms with Gasteiger partial charge in [0.15, 0.2) is 0 Å². The van der Waals surface area contributed by atoms with E-state index in [9.17, 15) is 9.59 Å². The maximum atomic E-state index is 12.1. The quantitative estimate of drug-likeness (QED) is 0.898. The number of nitrogens with zero attached hydrogens (tertiary/aromatic N) is 3. The lowest BCUT2D eigenvalue weighted by molar-refractivity contribution is -0.121. The van der Waals surface area contributed by atoms with Crippen LogP contribution >= 0.6 is 0 Å². The van der Waals surface area contributed by atoms with Gasteiger partial charge >= 0.3 is 0 Å². The molecule has 3 rings (SSSR count). The fraction of sp³-hybridized carbons (Fsp3) is 0.737. The number of amides is 1. The van der Waals surface area contributed by atoms with E-state index in [1.165, 1.54) is 0 Å². The van der Waals surface area contributed by atoms with Gasteiger partial charge in [-0.2, -0.15) is 5.10 Å². The molecule has 2 fully saturated rings. The van der Waals surface area contributed by atoms with E-state index in [-0.39, 0.29) is 22.9 Å². The molecule has 6 heteroatoms. The zero-order chi connectivity index (χ0) is 18.0. The Bertz CT molecular complexity index is 671. The summed E-state index contributed by atoms with van der Waals surface area (Å²) in [5, 5.41) is 7.68. The SMILES string of the molecule is CC(C)(C)c1ccc(=O)n(CC2CN(CC3CCCCC(=O)N3)C2)n1. The Balaban J connectivity index is 1.52. The zero-order valence-electron chi connectivity index (χ0n) is 15.6. The molecule has 25 heavy (non-hydrogen) atoms. The Hall–Kier alpha value is -1.69. The second-order valence-corrected chi connectivity index (χ2v) is 8.58. The third-order valence-electron chi connectivity index (χ3n) is 5.15. The van der Waals surface area contributed by atoms with E-state index < -0.39 is 0 Å². The summed E-state index contributed by atoms with van der Waals surface area (Å²) in [6.45, 7) is 9.87. The Morgan fingerprint density at radius 1 is 1.16 bits per heavy atom. The minimum Gasteiger partial charge on any atom is -0.352 e. The van der Waals surface area contributed by atoms with Crippen molar-refractivity contribution in [3.8, 4) is 0 Å². The summed E-state index contributed by atoms with van der Waals surface area (Å²) in [6, 6.07) is 3.74. The molecule has 3 heterocycles. The molecule has 1 aromatic heterocycles. The molecular formula is C19H30N4O2. The molecule has 2 aliphatic heterocycles. The van der Waals surface area contributed by atoms with Gasteiger partial charge in [-0.05, 0) is 18.9 Å². The van der Waals surface area contributed by atoms with Gasteiger partial charge in [-0.25, -0.2) is 4.68 Å². The minimum absolute atomic E-state index is 0.0255. The third kappa shape index (κ3) is 4.69. The monoisotopic (exact) mass is 346 g/mol. The van der Waals surface area contributed by atoms with Crippen molar-refractivity contribution < 1.29 is 4.79 Å². The van der Waals surface area contributed by atoms with Crippen LogP contribution in [0.4, 0.5) is 0 Å². The van der Waals surface area contributed by atoms with Crippen molar-refractivity contribution in [1.29, 1.82) is 0 Å². The highest BCUT2D eigenvalue weighted by Gasteiger charge is 2.30. The Morgan fingerprint density at radius 3 is 2.64 bits per heavy atom. The molecule has 0 saturated carbocycles. The molecule has 6 nitrogen and oxygen atoms in total. The van der Waals surface area contributed by atoms with Gasteiger partial charge in [-0.1, -0.05) is 27.2 Å². The van der Waals surface area contributed by atoms with E-state index in [0.717, 1.165) is 44.6 Å². The van der Waals surface area contributed by atoms with Gasteiger partial charge < -0.3 is 10.2 Å². The molecule has 2 aliphatic rings. The van der Waals surface area contributed by atoms with Crippen LogP contribution in [0, 0.1) is 5.92 Å². The number of rotatable bonds is 4. The number of nitrogens with one attached hydrogen (secondary N) is 1. The van der Waals surface area contributed by atoms with E-state index in [1.54, 1.807) is 10.7 Å². The first-order chi connectivity index (χ1) is 11.8. The molecule has 138 valence electrons. The first kappa shape index (κ1) is 18.1. The van der Waals surface area contributed by atoms with Crippen molar-refractivity contribution in [3.05, 3.63) is 28.2 Å². The molecule has 0 bridgehead atoms. The summed E-state index contributed by atoms with van der Waals surface area (Å²) in [5.74, 6) is 0.649. The second-order valence-electron chi connectivity index (χ2n) is 8.58. The largest absolute Gasteiger partial charge is 0.352 e. The highest BCUT2D eigenvalue weighted by molar-refractivity contribution is 5.76. The van der Waals surface area contributed by atoms with E-state index in [2.05, 4.69) is 36.1 Å². The van der Waals surface area contributed by atoms with Crippen LogP contribution in [0.1, 0.15) is 52.1 Å². The Kier molecular flexibility index (Phi) is 5.27. The molecule has 0 aromatic carbocycles. The molecule has 1 amide bonds. The summed E-state index contributed by atoms with van der Waals surface area (Å²) >= 11 is 0. The summed E-state index contributed by atoms with van der Waals surface area (Å²) in [5.41, 5.74) is 0.866. The van der Waals surface area contributed by atoms with Crippen LogP contribution in [0.2, 0.25) is 0 Å². The van der Waals surface area contributed by atoms with Crippen molar-refractivity contribution in [2.45, 2.75) is 64.5 Å². The van der Waals surface area contributed by atoms with Crippen LogP contribution in [0.25, 0.3) is 0 Å². The summed E-state index contributed by atoms with van der Waals surface area (Å²) in [4.78, 5) is 26.1. The molecule has 0 spiro atoms. The van der Waals surface area contributed by atoms with Gasteiger partial charge in [0.05, 0.1) is 12.2 Å². The Morgan fingerprint density at radius 2 is 1.92 bits per heavy atom. The highest BCUT2D eigenvalue weighted by Crippen LogP contribution is 2.21. The lowest BCUT2D eigenvalue weighted by atomic mass is 9.92. The number of aromatic nitrogens is 2. The fourth-order valence-corrected chi connectivity index (χ4v) is 3.66. The lowest BCUT2D eigenvalue weighted by Crippen LogP contribution is -2.54. The zero-order valence-corrected chi connectivity index (χ0v) is 15.6. The summed E-state index contributed by atoms with van der Waals surface area (Å²) < 4.78 is 1.62. The lowest BCUT2D eigenvalue weighted by Gasteiger charge is -2.41. The van der Waals surface area contributed by atoms with E-state index in [1.807, 2.05) is 6.07 Å². The predicted molar refractivity (Wildman–Crippen MR) is 97.5 cm³/mol. The summed E-state index contributed by atoms with van der Waals surface area (Å²) in [7, 11) is 0. The fourth-order valence-electron chi connectivity index (χ4n) is 3.66. The van der Waals surface area contributed by atoms with Gasteiger partial charge in [0.1, 0.15) is 0 Å². The third-order valence-corrected chi connectivity index (χ3v) is 5.15. The molecule has 1 aromatic rings. The van der Waals surface area contributed by atoms with Gasteiger partial charge in [-0.3, -0.25) is 9.59 Å². The number of carbonyl (C=O) groups excluding carboxylic acids is 1. The average Bonchev–Trinajstić information content (AvgIpc) is 2.70.